The molecule has 2 N–H and O–H groups in total. The minimum atomic E-state index is -4.56. The Bertz CT molecular complexity index is 2300. The van der Waals surface area contributed by atoms with E-state index in [1.165, 1.54) is 87.6 Å². The number of anilines is 2. The van der Waals surface area contributed by atoms with Crippen molar-refractivity contribution in [3.05, 3.63) is 118 Å². The predicted octanol–water partition coefficient (Wildman–Crippen LogP) is 8.60. The van der Waals surface area contributed by atoms with E-state index in [0.717, 1.165) is 17.7 Å². The van der Waals surface area contributed by atoms with Gasteiger partial charge in [0.25, 0.3) is 0 Å². The Kier molecular flexibility index (Phi) is 12.5. The van der Waals surface area contributed by atoms with Crippen molar-refractivity contribution in [3.8, 4) is 11.3 Å². The van der Waals surface area contributed by atoms with E-state index in [1.807, 2.05) is 35.7 Å². The largest absolute Gasteiger partial charge is 0.417 e. The summed E-state index contributed by atoms with van der Waals surface area (Å²) in [7, 11) is -8.00. The number of rotatable bonds is 9. The number of carbonyl (C=O) groups excluding carboxylic acids is 2. The summed E-state index contributed by atoms with van der Waals surface area (Å²) in [5, 5.41) is 7.76. The summed E-state index contributed by atoms with van der Waals surface area (Å²) in [6, 6.07) is 22.2. The number of hydrogen-bond donors (Lipinski definition) is 2. The number of alkyl halides is 3. The Labute approximate surface area is 318 Å². The highest BCUT2D eigenvalue weighted by molar-refractivity contribution is 7.94. The molecule has 0 saturated carbocycles. The lowest BCUT2D eigenvalue weighted by Crippen LogP contribution is -2.44. The first-order valence-corrected chi connectivity index (χ1v) is 19.8. The molecule has 2 aromatic heterocycles. The lowest BCUT2D eigenvalue weighted by atomic mass is 10.2. The van der Waals surface area contributed by atoms with Crippen LogP contribution in [0.1, 0.15) is 33.3 Å². The van der Waals surface area contributed by atoms with E-state index in [0.29, 0.717) is 27.1 Å². The number of pyridine rings is 1. The van der Waals surface area contributed by atoms with Gasteiger partial charge in [0, 0.05) is 27.2 Å². The van der Waals surface area contributed by atoms with Gasteiger partial charge in [-0.25, -0.2) is 26.8 Å². The molecule has 3 aromatic carbocycles. The second-order valence-corrected chi connectivity index (χ2v) is 18.9. The monoisotopic (exact) mass is 826 g/mol. The van der Waals surface area contributed by atoms with E-state index in [1.54, 1.807) is 0 Å². The van der Waals surface area contributed by atoms with Crippen molar-refractivity contribution in [2.45, 2.75) is 53.2 Å². The van der Waals surface area contributed by atoms with E-state index in [9.17, 15) is 39.6 Å². The maximum absolute atomic E-state index is 12.9. The van der Waals surface area contributed by atoms with Crippen molar-refractivity contribution >= 4 is 77.0 Å². The fourth-order valence-corrected chi connectivity index (χ4v) is 8.01. The van der Waals surface area contributed by atoms with Crippen LogP contribution in [-0.2, 0) is 35.4 Å². The third kappa shape index (κ3) is 9.42. The standard InChI is InChI=1S/C19H17ClN2O3S2.C16H14ClF3N2O3S/c1-19(2,27(24,25)15-10-8-14(20)9-11-15)17(23)22-18-21-16(12-26-18)13-6-4-3-5-7-13;1-15(2,26(24,25)12-6-4-11(17)5-7-12)14(23)22-13-8-3-10(9-21-13)16(18,19)20/h3-12H,1-2H3,(H,21,22,23);3-9H,1-2H3,(H,21,22,23). The first kappa shape index (κ1) is 41.4. The van der Waals surface area contributed by atoms with Gasteiger partial charge in [0.05, 0.1) is 21.0 Å². The van der Waals surface area contributed by atoms with Crippen molar-refractivity contribution in [3.63, 3.8) is 0 Å². The highest BCUT2D eigenvalue weighted by atomic mass is 35.5. The average molecular weight is 828 g/mol. The summed E-state index contributed by atoms with van der Waals surface area (Å²) < 4.78 is 85.2. The minimum Gasteiger partial charge on any atom is -0.309 e. The van der Waals surface area contributed by atoms with Crippen LogP contribution >= 0.6 is 34.5 Å². The molecule has 0 radical (unpaired) electrons. The number of aromatic nitrogens is 2. The molecule has 0 aliphatic rings. The number of nitrogens with zero attached hydrogens (tertiary/aromatic N) is 2. The molecule has 0 fully saturated rings. The van der Waals surface area contributed by atoms with Crippen LogP contribution in [0, 0.1) is 0 Å². The molecule has 2 amide bonds. The Morgan fingerprint density at radius 2 is 1.15 bits per heavy atom. The topological polar surface area (TPSA) is 152 Å². The van der Waals surface area contributed by atoms with Gasteiger partial charge in [-0.3, -0.25) is 9.59 Å². The number of benzene rings is 3. The molecule has 280 valence electrons. The number of hydrogen-bond acceptors (Lipinski definition) is 9. The molecule has 2 heterocycles. The van der Waals surface area contributed by atoms with Crippen molar-refractivity contribution in [2.24, 2.45) is 0 Å². The SMILES string of the molecule is CC(C)(C(=O)Nc1ccc(C(F)(F)F)cn1)S(=O)(=O)c1ccc(Cl)cc1.CC(C)(C(=O)Nc1nc(-c2ccccc2)cs1)S(=O)(=O)c1ccc(Cl)cc1. The van der Waals surface area contributed by atoms with Crippen molar-refractivity contribution in [1.29, 1.82) is 0 Å². The average Bonchev–Trinajstić information content (AvgIpc) is 3.57. The number of thiazole rings is 1. The Morgan fingerprint density at radius 3 is 1.58 bits per heavy atom. The zero-order valence-electron chi connectivity index (χ0n) is 28.3. The van der Waals surface area contributed by atoms with Crippen molar-refractivity contribution in [2.75, 3.05) is 10.6 Å². The molecule has 10 nitrogen and oxygen atoms in total. The lowest BCUT2D eigenvalue weighted by molar-refractivity contribution is -0.137. The number of halogens is 5. The smallest absolute Gasteiger partial charge is 0.309 e. The maximum Gasteiger partial charge on any atom is 0.417 e. The minimum absolute atomic E-state index is 0.0381. The Morgan fingerprint density at radius 1 is 0.679 bits per heavy atom. The van der Waals surface area contributed by atoms with Gasteiger partial charge >= 0.3 is 6.18 Å². The Balaban J connectivity index is 0.000000237. The molecular weight excluding hydrogens is 797 g/mol. The van der Waals surface area contributed by atoms with Crippen LogP contribution in [0.2, 0.25) is 10.0 Å². The second-order valence-electron chi connectivity index (χ2n) is 12.2. The number of nitrogens with one attached hydrogen (secondary N) is 2. The number of amides is 2. The van der Waals surface area contributed by atoms with E-state index < -0.39 is 52.7 Å². The molecule has 0 saturated heterocycles. The second kappa shape index (κ2) is 15.9. The van der Waals surface area contributed by atoms with Crippen LogP contribution in [0.3, 0.4) is 0 Å². The van der Waals surface area contributed by atoms with E-state index in [-0.39, 0.29) is 15.6 Å². The quantitative estimate of drug-likeness (QED) is 0.150. The van der Waals surface area contributed by atoms with Crippen LogP contribution in [0.5, 0.6) is 0 Å². The van der Waals surface area contributed by atoms with Crippen molar-refractivity contribution < 1.29 is 39.6 Å². The summed E-state index contributed by atoms with van der Waals surface area (Å²) in [5.41, 5.74) is 0.653. The number of sulfone groups is 2. The molecule has 0 bridgehead atoms. The predicted molar refractivity (Wildman–Crippen MR) is 199 cm³/mol. The zero-order chi connectivity index (χ0) is 39.4. The van der Waals surface area contributed by atoms with Gasteiger partial charge in [-0.05, 0) is 88.4 Å². The first-order valence-electron chi connectivity index (χ1n) is 15.2. The summed E-state index contributed by atoms with van der Waals surface area (Å²) in [5.74, 6) is -1.77. The molecule has 0 unspecified atom stereocenters. The maximum atomic E-state index is 12.9. The molecular formula is C35H31Cl2F3N4O6S3. The van der Waals surface area contributed by atoms with Gasteiger partial charge in [0.2, 0.25) is 11.8 Å². The first-order chi connectivity index (χ1) is 24.6. The summed E-state index contributed by atoms with van der Waals surface area (Å²) in [6.07, 6.45) is -4.01. The molecule has 53 heavy (non-hydrogen) atoms. The third-order valence-electron chi connectivity index (χ3n) is 7.81. The van der Waals surface area contributed by atoms with Gasteiger partial charge in [-0.15, -0.1) is 11.3 Å². The highest BCUT2D eigenvalue weighted by Crippen LogP contribution is 2.32. The van der Waals surface area contributed by atoms with Crippen molar-refractivity contribution in [1.82, 2.24) is 9.97 Å². The van der Waals surface area contributed by atoms with Gasteiger partial charge in [-0.1, -0.05) is 53.5 Å². The van der Waals surface area contributed by atoms with Crippen LogP contribution < -0.4 is 10.6 Å². The number of carbonyl (C=O) groups is 2. The molecule has 5 aromatic rings. The van der Waals surface area contributed by atoms with Crippen LogP contribution in [0.15, 0.2) is 112 Å². The van der Waals surface area contributed by atoms with Gasteiger partial charge in [0.1, 0.15) is 15.3 Å². The van der Waals surface area contributed by atoms with Crippen LogP contribution in [0.4, 0.5) is 24.1 Å². The molecule has 0 aliphatic carbocycles. The van der Waals surface area contributed by atoms with Crippen LogP contribution in [-0.4, -0.2) is 48.1 Å². The van der Waals surface area contributed by atoms with E-state index >= 15 is 0 Å². The molecule has 18 heteroatoms. The molecule has 5 rings (SSSR count). The van der Waals surface area contributed by atoms with Gasteiger partial charge in [-0.2, -0.15) is 13.2 Å². The highest BCUT2D eigenvalue weighted by Gasteiger charge is 2.44. The summed E-state index contributed by atoms with van der Waals surface area (Å²) in [6.45, 7) is 5.13. The van der Waals surface area contributed by atoms with E-state index in [2.05, 4.69) is 20.6 Å². The summed E-state index contributed by atoms with van der Waals surface area (Å²) in [4.78, 5) is 32.9. The molecule has 0 aliphatic heterocycles. The van der Waals surface area contributed by atoms with Gasteiger partial charge < -0.3 is 10.6 Å². The fraction of sp³-hybridized carbons (Fsp3) is 0.200. The Hall–Kier alpha value is -4.35. The molecule has 0 spiro atoms. The lowest BCUT2D eigenvalue weighted by Gasteiger charge is -2.23. The van der Waals surface area contributed by atoms with Gasteiger partial charge in [0.15, 0.2) is 24.8 Å². The zero-order valence-corrected chi connectivity index (χ0v) is 32.2. The fourth-order valence-electron chi connectivity index (χ4n) is 4.28. The third-order valence-corrected chi connectivity index (χ3v) is 13.9. The van der Waals surface area contributed by atoms with E-state index in [4.69, 9.17) is 23.2 Å². The normalized spacial score (nSPS) is 12.3. The molecule has 0 atom stereocenters. The summed E-state index contributed by atoms with van der Waals surface area (Å²) >= 11 is 12.8. The van der Waals surface area contributed by atoms with Crippen LogP contribution in [0.25, 0.3) is 11.3 Å².